The molecule has 1 rings (SSSR count). The highest BCUT2D eigenvalue weighted by Gasteiger charge is 2.12. The Morgan fingerprint density at radius 1 is 1.33 bits per heavy atom. The van der Waals surface area contributed by atoms with Crippen LogP contribution in [0.4, 0.5) is 5.95 Å². The largest absolute Gasteiger partial charge is 0.347 e. The molecule has 5 heteroatoms. The molecule has 1 aromatic rings. The predicted octanol–water partition coefficient (Wildman–Crippen LogP) is 3.00. The van der Waals surface area contributed by atoms with E-state index in [1.54, 1.807) is 0 Å². The smallest absolute Gasteiger partial charge is 0.226 e. The summed E-state index contributed by atoms with van der Waals surface area (Å²) in [5.41, 5.74) is 1.04. The summed E-state index contributed by atoms with van der Waals surface area (Å²) in [6.07, 6.45) is 0.932. The summed E-state index contributed by atoms with van der Waals surface area (Å²) in [4.78, 5) is 10.6. The third-order valence-electron chi connectivity index (χ3n) is 1.87. The van der Waals surface area contributed by atoms with Crippen LogP contribution in [-0.4, -0.2) is 24.1 Å². The van der Waals surface area contributed by atoms with Gasteiger partial charge in [0.1, 0.15) is 5.15 Å². The highest BCUT2D eigenvalue weighted by atomic mass is 127. The summed E-state index contributed by atoms with van der Waals surface area (Å²) >= 11 is 8.26. The zero-order chi connectivity index (χ0) is 11.6. The average molecular weight is 340 g/mol. The Hall–Kier alpha value is -0.100. The van der Waals surface area contributed by atoms with Gasteiger partial charge in [-0.05, 0) is 34.9 Å². The van der Waals surface area contributed by atoms with Gasteiger partial charge in [-0.1, -0.05) is 25.4 Å². The van der Waals surface area contributed by atoms with Gasteiger partial charge in [-0.2, -0.15) is 4.98 Å². The first-order valence-corrected chi connectivity index (χ1v) is 6.26. The fourth-order valence-electron chi connectivity index (χ4n) is 1.17. The minimum absolute atomic E-state index is 0.546. The van der Waals surface area contributed by atoms with Gasteiger partial charge in [0.05, 0.1) is 9.26 Å². The molecule has 1 heterocycles. The third kappa shape index (κ3) is 3.45. The van der Waals surface area contributed by atoms with Crippen molar-refractivity contribution in [3.8, 4) is 0 Å². The van der Waals surface area contributed by atoms with Crippen LogP contribution in [0, 0.1) is 9.49 Å². The van der Waals surface area contributed by atoms with Crippen LogP contribution in [0.15, 0.2) is 0 Å². The molecule has 0 unspecified atom stereocenters. The number of halogens is 2. The van der Waals surface area contributed by atoms with Crippen LogP contribution in [0.5, 0.6) is 0 Å². The van der Waals surface area contributed by atoms with E-state index in [1.807, 2.05) is 19.0 Å². The summed E-state index contributed by atoms with van der Waals surface area (Å²) in [6, 6.07) is 0. The molecule has 0 aromatic carbocycles. The lowest BCUT2D eigenvalue weighted by atomic mass is 10.1. The molecule has 0 aliphatic rings. The Balaban J connectivity index is 3.13. The van der Waals surface area contributed by atoms with Crippen molar-refractivity contribution in [2.45, 2.75) is 20.3 Å². The van der Waals surface area contributed by atoms with Crippen LogP contribution in [-0.2, 0) is 6.42 Å². The van der Waals surface area contributed by atoms with E-state index < -0.39 is 0 Å². The molecule has 0 radical (unpaired) electrons. The van der Waals surface area contributed by atoms with Crippen molar-refractivity contribution in [2.24, 2.45) is 5.92 Å². The summed E-state index contributed by atoms with van der Waals surface area (Å²) in [5, 5.41) is 0.546. The number of hydrogen-bond acceptors (Lipinski definition) is 3. The average Bonchev–Trinajstić information content (AvgIpc) is 2.11. The molecule has 0 atom stereocenters. The SMILES string of the molecule is CC(C)Cc1nc(N(C)C)nc(Cl)c1I. The van der Waals surface area contributed by atoms with E-state index >= 15 is 0 Å². The van der Waals surface area contributed by atoms with E-state index in [4.69, 9.17) is 11.6 Å². The van der Waals surface area contributed by atoms with E-state index in [9.17, 15) is 0 Å². The zero-order valence-corrected chi connectivity index (χ0v) is 12.3. The molecule has 0 spiro atoms. The van der Waals surface area contributed by atoms with Crippen molar-refractivity contribution in [2.75, 3.05) is 19.0 Å². The van der Waals surface area contributed by atoms with Gasteiger partial charge in [0, 0.05) is 14.1 Å². The van der Waals surface area contributed by atoms with Crippen LogP contribution in [0.2, 0.25) is 5.15 Å². The lowest BCUT2D eigenvalue weighted by molar-refractivity contribution is 0.631. The first kappa shape index (κ1) is 13.0. The van der Waals surface area contributed by atoms with Crippen molar-refractivity contribution >= 4 is 40.1 Å². The Morgan fingerprint density at radius 3 is 2.40 bits per heavy atom. The van der Waals surface area contributed by atoms with E-state index in [-0.39, 0.29) is 0 Å². The molecule has 0 aliphatic heterocycles. The number of rotatable bonds is 3. The Bertz CT molecular complexity index is 353. The van der Waals surface area contributed by atoms with E-state index in [0.29, 0.717) is 17.0 Å². The van der Waals surface area contributed by atoms with Gasteiger partial charge < -0.3 is 4.90 Å². The second-order valence-electron chi connectivity index (χ2n) is 4.07. The molecule has 1 aromatic heterocycles. The van der Waals surface area contributed by atoms with Crippen molar-refractivity contribution in [3.05, 3.63) is 14.4 Å². The zero-order valence-electron chi connectivity index (χ0n) is 9.38. The fourth-order valence-corrected chi connectivity index (χ4v) is 1.82. The van der Waals surface area contributed by atoms with E-state index in [2.05, 4.69) is 46.4 Å². The van der Waals surface area contributed by atoms with Crippen LogP contribution in [0.3, 0.4) is 0 Å². The van der Waals surface area contributed by atoms with Gasteiger partial charge in [-0.3, -0.25) is 0 Å². The number of aromatic nitrogens is 2. The van der Waals surface area contributed by atoms with Crippen LogP contribution >= 0.6 is 34.2 Å². The highest BCUT2D eigenvalue weighted by molar-refractivity contribution is 14.1. The summed E-state index contributed by atoms with van der Waals surface area (Å²) < 4.78 is 0.966. The van der Waals surface area contributed by atoms with Crippen LogP contribution < -0.4 is 4.90 Å². The number of anilines is 1. The second-order valence-corrected chi connectivity index (χ2v) is 5.50. The standard InChI is InChI=1S/C10H15ClIN3/c1-6(2)5-7-8(12)9(11)14-10(13-7)15(3)4/h6H,5H2,1-4H3. The van der Waals surface area contributed by atoms with Crippen molar-refractivity contribution in [3.63, 3.8) is 0 Å². The summed E-state index contributed by atoms with van der Waals surface area (Å²) in [6.45, 7) is 4.34. The maximum Gasteiger partial charge on any atom is 0.226 e. The van der Waals surface area contributed by atoms with Crippen LogP contribution in [0.1, 0.15) is 19.5 Å². The molecule has 0 saturated heterocycles. The third-order valence-corrected chi connectivity index (χ3v) is 3.60. The second kappa shape index (κ2) is 5.30. The lowest BCUT2D eigenvalue weighted by Crippen LogP contribution is -2.15. The van der Waals surface area contributed by atoms with Gasteiger partial charge in [-0.25, -0.2) is 4.98 Å². The maximum absolute atomic E-state index is 6.06. The molecule has 84 valence electrons. The summed E-state index contributed by atoms with van der Waals surface area (Å²) in [5.74, 6) is 1.25. The summed E-state index contributed by atoms with van der Waals surface area (Å²) in [7, 11) is 3.83. The quantitative estimate of drug-likeness (QED) is 0.626. The molecule has 0 fully saturated rings. The van der Waals surface area contributed by atoms with E-state index in [0.717, 1.165) is 15.7 Å². The normalized spacial score (nSPS) is 10.9. The van der Waals surface area contributed by atoms with Crippen LogP contribution in [0.25, 0.3) is 0 Å². The molecule has 3 nitrogen and oxygen atoms in total. The van der Waals surface area contributed by atoms with Gasteiger partial charge in [0.25, 0.3) is 0 Å². The monoisotopic (exact) mass is 339 g/mol. The minimum atomic E-state index is 0.546. The Labute approximate surface area is 109 Å². The Morgan fingerprint density at radius 2 is 1.93 bits per heavy atom. The topological polar surface area (TPSA) is 29.0 Å². The van der Waals surface area contributed by atoms with Crippen molar-refractivity contribution in [1.82, 2.24) is 9.97 Å². The first-order chi connectivity index (χ1) is 6.91. The maximum atomic E-state index is 6.06. The van der Waals surface area contributed by atoms with Gasteiger partial charge in [0.2, 0.25) is 5.95 Å². The van der Waals surface area contributed by atoms with E-state index in [1.165, 1.54) is 0 Å². The Kier molecular flexibility index (Phi) is 4.58. The minimum Gasteiger partial charge on any atom is -0.347 e. The molecule has 0 N–H and O–H groups in total. The number of nitrogens with zero attached hydrogens (tertiary/aromatic N) is 3. The van der Waals surface area contributed by atoms with Gasteiger partial charge >= 0.3 is 0 Å². The molecule has 0 aliphatic carbocycles. The van der Waals surface area contributed by atoms with Gasteiger partial charge in [-0.15, -0.1) is 0 Å². The molecular weight excluding hydrogens is 324 g/mol. The molecular formula is C10H15ClIN3. The first-order valence-electron chi connectivity index (χ1n) is 4.81. The molecule has 0 amide bonds. The van der Waals surface area contributed by atoms with Crippen molar-refractivity contribution < 1.29 is 0 Å². The lowest BCUT2D eigenvalue weighted by Gasteiger charge is -2.14. The fraction of sp³-hybridized carbons (Fsp3) is 0.600. The molecule has 0 saturated carbocycles. The molecule has 0 bridgehead atoms. The molecule has 15 heavy (non-hydrogen) atoms. The van der Waals surface area contributed by atoms with Crippen molar-refractivity contribution in [1.29, 1.82) is 0 Å². The highest BCUT2D eigenvalue weighted by Crippen LogP contribution is 2.23. The number of hydrogen-bond donors (Lipinski definition) is 0. The predicted molar refractivity (Wildman–Crippen MR) is 72.6 cm³/mol. The van der Waals surface area contributed by atoms with Gasteiger partial charge in [0.15, 0.2) is 0 Å².